The van der Waals surface area contributed by atoms with Gasteiger partial charge in [0, 0.05) is 44.3 Å². The van der Waals surface area contributed by atoms with Gasteiger partial charge in [0.2, 0.25) is 0 Å². The first-order chi connectivity index (χ1) is 14.3. The molecule has 1 aliphatic rings. The smallest absolute Gasteiger partial charge is 0.475 e. The van der Waals surface area contributed by atoms with Crippen LogP contribution in [0.15, 0.2) is 49.3 Å². The number of anilines is 1. The lowest BCUT2D eigenvalue weighted by atomic mass is 10.1. The van der Waals surface area contributed by atoms with Gasteiger partial charge in [-0.1, -0.05) is 0 Å². The number of hydrogen-bond donors (Lipinski definition) is 2. The molecular formula is C18H18F3N7O2. The van der Waals surface area contributed by atoms with Crippen LogP contribution >= 0.6 is 0 Å². The van der Waals surface area contributed by atoms with Crippen LogP contribution in [0, 0.1) is 0 Å². The van der Waals surface area contributed by atoms with Crippen molar-refractivity contribution < 1.29 is 23.1 Å². The van der Waals surface area contributed by atoms with Crippen LogP contribution in [-0.4, -0.2) is 68.2 Å². The summed E-state index contributed by atoms with van der Waals surface area (Å²) in [5, 5.41) is 14.6. The summed E-state index contributed by atoms with van der Waals surface area (Å²) in [5.74, 6) is -1.88. The highest BCUT2D eigenvalue weighted by atomic mass is 19.4. The zero-order valence-corrected chi connectivity index (χ0v) is 15.8. The molecule has 0 aliphatic carbocycles. The Labute approximate surface area is 169 Å². The van der Waals surface area contributed by atoms with Crippen LogP contribution in [-0.2, 0) is 4.79 Å². The van der Waals surface area contributed by atoms with Crippen molar-refractivity contribution in [3.05, 3.63) is 49.3 Å². The quantitative estimate of drug-likeness (QED) is 0.656. The van der Waals surface area contributed by atoms with Crippen LogP contribution < -0.4 is 10.2 Å². The predicted molar refractivity (Wildman–Crippen MR) is 101 cm³/mol. The minimum atomic E-state index is -5.08. The molecule has 0 spiro atoms. The molecule has 9 nitrogen and oxygen atoms in total. The van der Waals surface area contributed by atoms with Gasteiger partial charge in [0.15, 0.2) is 0 Å². The summed E-state index contributed by atoms with van der Waals surface area (Å²) >= 11 is 0. The minimum absolute atomic E-state index is 0.480. The standard InChI is InChI=1S/C16H17N7.C2HF3O2/c1-22(14-8-18-9-14)16-11-19-10-15(21-16)12-5-13(7-17-6-12)23-4-2-3-20-23;3-2(4,5)1(6)7/h2-7,10-11,14,18H,8-9H2,1H3;(H,6,7). The molecule has 2 N–H and O–H groups in total. The molecule has 0 unspecified atom stereocenters. The van der Waals surface area contributed by atoms with Crippen molar-refractivity contribution in [2.75, 3.05) is 25.0 Å². The monoisotopic (exact) mass is 421 g/mol. The minimum Gasteiger partial charge on any atom is -0.475 e. The summed E-state index contributed by atoms with van der Waals surface area (Å²) in [5.41, 5.74) is 2.63. The molecule has 3 aromatic heterocycles. The largest absolute Gasteiger partial charge is 0.490 e. The second kappa shape index (κ2) is 8.86. The molecule has 12 heteroatoms. The number of alkyl halides is 3. The Balaban J connectivity index is 0.000000318. The Bertz CT molecular complexity index is 991. The summed E-state index contributed by atoms with van der Waals surface area (Å²) in [7, 11) is 2.05. The molecule has 0 saturated carbocycles. The van der Waals surface area contributed by atoms with Gasteiger partial charge in [0.1, 0.15) is 5.82 Å². The molecule has 0 aromatic carbocycles. The molecule has 158 valence electrons. The average molecular weight is 421 g/mol. The van der Waals surface area contributed by atoms with E-state index in [0.717, 1.165) is 35.9 Å². The van der Waals surface area contributed by atoms with Crippen molar-refractivity contribution in [3.8, 4) is 16.9 Å². The second-order valence-corrected chi connectivity index (χ2v) is 6.37. The SMILES string of the molecule is CN(c1cncc(-c2cncc(-n3cccn3)c2)n1)C1CNC1.O=C(O)C(F)(F)F. The third-order valence-electron chi connectivity index (χ3n) is 4.32. The lowest BCUT2D eigenvalue weighted by Gasteiger charge is -2.36. The number of carboxylic acids is 1. The molecule has 4 rings (SSSR count). The molecule has 0 atom stereocenters. The lowest BCUT2D eigenvalue weighted by molar-refractivity contribution is -0.192. The van der Waals surface area contributed by atoms with Gasteiger partial charge in [-0.3, -0.25) is 9.97 Å². The predicted octanol–water partition coefficient (Wildman–Crippen LogP) is 1.77. The summed E-state index contributed by atoms with van der Waals surface area (Å²) in [6.07, 6.45) is 5.69. The molecule has 1 saturated heterocycles. The Morgan fingerprint density at radius 2 is 1.93 bits per heavy atom. The average Bonchev–Trinajstić information content (AvgIpc) is 3.21. The van der Waals surface area contributed by atoms with E-state index in [1.54, 1.807) is 35.7 Å². The van der Waals surface area contributed by atoms with Crippen molar-refractivity contribution in [1.29, 1.82) is 0 Å². The van der Waals surface area contributed by atoms with Crippen LogP contribution in [0.1, 0.15) is 0 Å². The maximum Gasteiger partial charge on any atom is 0.490 e. The van der Waals surface area contributed by atoms with E-state index in [-0.39, 0.29) is 0 Å². The highest BCUT2D eigenvalue weighted by Gasteiger charge is 2.38. The zero-order chi connectivity index (χ0) is 21.7. The highest BCUT2D eigenvalue weighted by Crippen LogP contribution is 2.21. The number of carbonyl (C=O) groups is 1. The lowest BCUT2D eigenvalue weighted by Crippen LogP contribution is -2.56. The van der Waals surface area contributed by atoms with E-state index in [4.69, 9.17) is 14.9 Å². The molecule has 0 amide bonds. The number of carboxylic acid groups (broad SMARTS) is 1. The topological polar surface area (TPSA) is 109 Å². The van der Waals surface area contributed by atoms with Gasteiger partial charge in [-0.05, 0) is 12.1 Å². The van der Waals surface area contributed by atoms with Gasteiger partial charge in [0.05, 0.1) is 36.0 Å². The van der Waals surface area contributed by atoms with E-state index in [2.05, 4.69) is 32.3 Å². The number of hydrogen-bond acceptors (Lipinski definition) is 7. The van der Waals surface area contributed by atoms with Gasteiger partial charge >= 0.3 is 12.1 Å². The van der Waals surface area contributed by atoms with Crippen LogP contribution in [0.4, 0.5) is 19.0 Å². The van der Waals surface area contributed by atoms with Crippen LogP contribution in [0.25, 0.3) is 16.9 Å². The van der Waals surface area contributed by atoms with E-state index in [0.29, 0.717) is 6.04 Å². The number of aromatic nitrogens is 5. The van der Waals surface area contributed by atoms with Crippen LogP contribution in [0.2, 0.25) is 0 Å². The van der Waals surface area contributed by atoms with Crippen molar-refractivity contribution in [2.45, 2.75) is 12.2 Å². The number of pyridine rings is 1. The highest BCUT2D eigenvalue weighted by molar-refractivity contribution is 5.73. The number of rotatable bonds is 4. The Morgan fingerprint density at radius 3 is 2.50 bits per heavy atom. The molecule has 4 heterocycles. The van der Waals surface area contributed by atoms with E-state index < -0.39 is 12.1 Å². The van der Waals surface area contributed by atoms with E-state index in [9.17, 15) is 13.2 Å². The fourth-order valence-electron chi connectivity index (χ4n) is 2.51. The maximum atomic E-state index is 10.6. The van der Waals surface area contributed by atoms with Gasteiger partial charge in [-0.15, -0.1) is 0 Å². The first kappa shape index (κ1) is 21.2. The molecule has 0 radical (unpaired) electrons. The van der Waals surface area contributed by atoms with Crippen molar-refractivity contribution in [2.24, 2.45) is 0 Å². The fourth-order valence-corrected chi connectivity index (χ4v) is 2.51. The van der Waals surface area contributed by atoms with E-state index in [1.807, 2.05) is 18.3 Å². The fraction of sp³-hybridized carbons (Fsp3) is 0.278. The van der Waals surface area contributed by atoms with E-state index >= 15 is 0 Å². The number of aliphatic carboxylic acids is 1. The summed E-state index contributed by atoms with van der Waals surface area (Å²) < 4.78 is 33.5. The van der Waals surface area contributed by atoms with Gasteiger partial charge < -0.3 is 15.3 Å². The zero-order valence-electron chi connectivity index (χ0n) is 15.8. The maximum absolute atomic E-state index is 10.6. The third kappa shape index (κ3) is 5.08. The summed E-state index contributed by atoms with van der Waals surface area (Å²) in [4.78, 5) is 24.4. The van der Waals surface area contributed by atoms with Crippen LogP contribution in [0.5, 0.6) is 0 Å². The molecule has 0 bridgehead atoms. The van der Waals surface area contributed by atoms with Crippen molar-refractivity contribution in [3.63, 3.8) is 0 Å². The Hall–Kier alpha value is -3.54. The number of halogens is 3. The number of nitrogens with zero attached hydrogens (tertiary/aromatic N) is 6. The van der Waals surface area contributed by atoms with Gasteiger partial charge in [-0.2, -0.15) is 18.3 Å². The van der Waals surface area contributed by atoms with E-state index in [1.165, 1.54) is 0 Å². The first-order valence-electron chi connectivity index (χ1n) is 8.77. The molecule has 1 fully saturated rings. The molecule has 3 aromatic rings. The third-order valence-corrected chi connectivity index (χ3v) is 4.32. The van der Waals surface area contributed by atoms with Crippen molar-refractivity contribution >= 4 is 11.8 Å². The molecule has 1 aliphatic heterocycles. The Kier molecular flexibility index (Phi) is 6.26. The first-order valence-corrected chi connectivity index (χ1v) is 8.77. The Morgan fingerprint density at radius 1 is 1.23 bits per heavy atom. The second-order valence-electron chi connectivity index (χ2n) is 6.37. The number of likely N-dealkylation sites (N-methyl/N-ethyl adjacent to an activating group) is 1. The van der Waals surface area contributed by atoms with Gasteiger partial charge in [0.25, 0.3) is 0 Å². The molecular weight excluding hydrogens is 403 g/mol. The van der Waals surface area contributed by atoms with Crippen molar-refractivity contribution in [1.82, 2.24) is 30.0 Å². The molecule has 30 heavy (non-hydrogen) atoms. The normalized spacial score (nSPS) is 13.7. The van der Waals surface area contributed by atoms with Crippen LogP contribution in [0.3, 0.4) is 0 Å². The van der Waals surface area contributed by atoms with Gasteiger partial charge in [-0.25, -0.2) is 14.5 Å². The summed E-state index contributed by atoms with van der Waals surface area (Å²) in [6, 6.07) is 4.38. The summed E-state index contributed by atoms with van der Waals surface area (Å²) in [6.45, 7) is 1.97. The number of nitrogens with one attached hydrogen (secondary N) is 1.